The van der Waals surface area contributed by atoms with Gasteiger partial charge in [-0.05, 0) is 47.3 Å². The van der Waals surface area contributed by atoms with Gasteiger partial charge in [0.1, 0.15) is 5.82 Å². The van der Waals surface area contributed by atoms with Crippen LogP contribution in [0.25, 0.3) is 11.6 Å². The maximum atomic E-state index is 5.49. The molecule has 19 heavy (non-hydrogen) atoms. The quantitative estimate of drug-likeness (QED) is 0.908. The number of nitrogens with one attached hydrogen (secondary N) is 1. The van der Waals surface area contributed by atoms with Gasteiger partial charge in [0.25, 0.3) is 0 Å². The summed E-state index contributed by atoms with van der Waals surface area (Å²) in [4.78, 5) is 9.17. The molecule has 0 saturated heterocycles. The van der Waals surface area contributed by atoms with Crippen LogP contribution >= 0.6 is 15.9 Å². The second kappa shape index (κ2) is 5.74. The van der Waals surface area contributed by atoms with Crippen LogP contribution in [0.5, 0.6) is 0 Å². The standard InChI is InChI=1S/C14H18BrN3O/c1-5-16-13-10(15)11(8(2)3)17-14(18-13)12-9(4)6-7-19-12/h6-8H,5H2,1-4H3,(H,16,17,18). The van der Waals surface area contributed by atoms with Gasteiger partial charge in [0.15, 0.2) is 11.6 Å². The fraction of sp³-hybridized carbons (Fsp3) is 0.429. The van der Waals surface area contributed by atoms with Crippen molar-refractivity contribution in [2.45, 2.75) is 33.6 Å². The van der Waals surface area contributed by atoms with E-state index in [-0.39, 0.29) is 0 Å². The Morgan fingerprint density at radius 1 is 1.37 bits per heavy atom. The van der Waals surface area contributed by atoms with E-state index in [1.807, 2.05) is 19.9 Å². The largest absolute Gasteiger partial charge is 0.461 e. The van der Waals surface area contributed by atoms with Crippen LogP contribution in [0.15, 0.2) is 21.2 Å². The molecule has 0 bridgehead atoms. The van der Waals surface area contributed by atoms with E-state index in [4.69, 9.17) is 4.42 Å². The van der Waals surface area contributed by atoms with Crippen molar-refractivity contribution in [2.24, 2.45) is 0 Å². The third-order valence-electron chi connectivity index (χ3n) is 2.83. The van der Waals surface area contributed by atoms with E-state index < -0.39 is 0 Å². The van der Waals surface area contributed by atoms with Crippen LogP contribution in [-0.2, 0) is 0 Å². The molecule has 0 atom stereocenters. The molecule has 0 aliphatic carbocycles. The molecule has 0 aliphatic heterocycles. The topological polar surface area (TPSA) is 51.0 Å². The van der Waals surface area contributed by atoms with E-state index in [1.165, 1.54) is 0 Å². The van der Waals surface area contributed by atoms with Gasteiger partial charge in [0.2, 0.25) is 0 Å². The predicted octanol–water partition coefficient (Wildman–Crippen LogP) is 4.36. The van der Waals surface area contributed by atoms with Crippen molar-refractivity contribution in [3.05, 3.63) is 28.1 Å². The van der Waals surface area contributed by atoms with E-state index in [0.29, 0.717) is 11.7 Å². The molecule has 1 N–H and O–H groups in total. The third kappa shape index (κ3) is 2.81. The average Bonchev–Trinajstić information content (AvgIpc) is 2.78. The number of anilines is 1. The van der Waals surface area contributed by atoms with Crippen molar-refractivity contribution in [1.29, 1.82) is 0 Å². The zero-order valence-corrected chi connectivity index (χ0v) is 13.2. The molecule has 0 unspecified atom stereocenters. The number of halogens is 1. The summed E-state index contributed by atoms with van der Waals surface area (Å²) in [6.45, 7) is 9.07. The van der Waals surface area contributed by atoms with Gasteiger partial charge in [-0.1, -0.05) is 13.8 Å². The van der Waals surface area contributed by atoms with E-state index in [0.717, 1.165) is 33.9 Å². The molecule has 2 aromatic heterocycles. The number of rotatable bonds is 4. The van der Waals surface area contributed by atoms with Gasteiger partial charge in [0.05, 0.1) is 16.4 Å². The Balaban J connectivity index is 2.59. The number of aryl methyl sites for hydroxylation is 1. The van der Waals surface area contributed by atoms with Crippen LogP contribution in [0.3, 0.4) is 0 Å². The molecule has 5 heteroatoms. The molecule has 0 aromatic carbocycles. The molecule has 4 nitrogen and oxygen atoms in total. The summed E-state index contributed by atoms with van der Waals surface area (Å²) in [7, 11) is 0. The van der Waals surface area contributed by atoms with E-state index >= 15 is 0 Å². The lowest BCUT2D eigenvalue weighted by atomic mass is 10.1. The first kappa shape index (κ1) is 14.1. The van der Waals surface area contributed by atoms with Crippen LogP contribution < -0.4 is 5.32 Å². The minimum Gasteiger partial charge on any atom is -0.461 e. The summed E-state index contributed by atoms with van der Waals surface area (Å²) >= 11 is 3.58. The van der Waals surface area contributed by atoms with Gasteiger partial charge in [-0.2, -0.15) is 0 Å². The molecular formula is C14H18BrN3O. The van der Waals surface area contributed by atoms with Crippen molar-refractivity contribution >= 4 is 21.7 Å². The van der Waals surface area contributed by atoms with Gasteiger partial charge in [-0.3, -0.25) is 0 Å². The van der Waals surface area contributed by atoms with Crippen molar-refractivity contribution < 1.29 is 4.42 Å². The second-order valence-corrected chi connectivity index (χ2v) is 5.51. The highest BCUT2D eigenvalue weighted by Crippen LogP contribution is 2.32. The van der Waals surface area contributed by atoms with Gasteiger partial charge >= 0.3 is 0 Å². The Bertz CT molecular complexity index is 578. The molecule has 0 fully saturated rings. The first-order valence-corrected chi connectivity index (χ1v) is 7.19. The summed E-state index contributed by atoms with van der Waals surface area (Å²) < 4.78 is 6.42. The molecule has 0 aliphatic rings. The monoisotopic (exact) mass is 323 g/mol. The molecule has 2 rings (SSSR count). The second-order valence-electron chi connectivity index (χ2n) is 4.71. The van der Waals surface area contributed by atoms with Crippen LogP contribution in [0, 0.1) is 6.92 Å². The Labute approximate surface area is 121 Å². The highest BCUT2D eigenvalue weighted by Gasteiger charge is 2.18. The van der Waals surface area contributed by atoms with Gasteiger partial charge in [0, 0.05) is 6.54 Å². The van der Waals surface area contributed by atoms with Crippen molar-refractivity contribution in [1.82, 2.24) is 9.97 Å². The zero-order valence-electron chi connectivity index (χ0n) is 11.6. The molecule has 102 valence electrons. The lowest BCUT2D eigenvalue weighted by Crippen LogP contribution is -2.07. The van der Waals surface area contributed by atoms with Crippen molar-refractivity contribution in [2.75, 3.05) is 11.9 Å². The third-order valence-corrected chi connectivity index (χ3v) is 3.61. The smallest absolute Gasteiger partial charge is 0.198 e. The lowest BCUT2D eigenvalue weighted by Gasteiger charge is -2.13. The molecule has 0 amide bonds. The molecule has 2 heterocycles. The van der Waals surface area contributed by atoms with Crippen LogP contribution in [0.1, 0.15) is 37.9 Å². The fourth-order valence-corrected chi connectivity index (χ4v) is 2.61. The van der Waals surface area contributed by atoms with Crippen LogP contribution in [0.4, 0.5) is 5.82 Å². The van der Waals surface area contributed by atoms with Crippen LogP contribution in [0.2, 0.25) is 0 Å². The maximum absolute atomic E-state index is 5.49. The summed E-state index contributed by atoms with van der Waals surface area (Å²) in [5.41, 5.74) is 2.02. The number of nitrogens with zero attached hydrogens (tertiary/aromatic N) is 2. The van der Waals surface area contributed by atoms with E-state index in [2.05, 4.69) is 45.1 Å². The van der Waals surface area contributed by atoms with Gasteiger partial charge < -0.3 is 9.73 Å². The molecule has 2 aromatic rings. The highest BCUT2D eigenvalue weighted by atomic mass is 79.9. The summed E-state index contributed by atoms with van der Waals surface area (Å²) in [5, 5.41) is 3.25. The number of hydrogen-bond donors (Lipinski definition) is 1. The minimum absolute atomic E-state index is 0.309. The first-order chi connectivity index (χ1) is 9.04. The Kier molecular flexibility index (Phi) is 4.24. The minimum atomic E-state index is 0.309. The van der Waals surface area contributed by atoms with E-state index in [9.17, 15) is 0 Å². The lowest BCUT2D eigenvalue weighted by molar-refractivity contribution is 0.574. The predicted molar refractivity (Wildman–Crippen MR) is 80.4 cm³/mol. The summed E-state index contributed by atoms with van der Waals surface area (Å²) in [6, 6.07) is 1.92. The SMILES string of the molecule is CCNc1nc(-c2occc2C)nc(C(C)C)c1Br. The molecule has 0 spiro atoms. The van der Waals surface area contributed by atoms with E-state index in [1.54, 1.807) is 6.26 Å². The summed E-state index contributed by atoms with van der Waals surface area (Å²) in [5.74, 6) is 2.48. The van der Waals surface area contributed by atoms with Gasteiger partial charge in [-0.15, -0.1) is 0 Å². The van der Waals surface area contributed by atoms with Gasteiger partial charge in [-0.25, -0.2) is 9.97 Å². The Morgan fingerprint density at radius 3 is 2.63 bits per heavy atom. The summed E-state index contributed by atoms with van der Waals surface area (Å²) in [6.07, 6.45) is 1.66. The maximum Gasteiger partial charge on any atom is 0.198 e. The first-order valence-electron chi connectivity index (χ1n) is 6.40. The van der Waals surface area contributed by atoms with Crippen molar-refractivity contribution in [3.63, 3.8) is 0 Å². The Morgan fingerprint density at radius 2 is 2.11 bits per heavy atom. The zero-order chi connectivity index (χ0) is 14.0. The Hall–Kier alpha value is -1.36. The number of hydrogen-bond acceptors (Lipinski definition) is 4. The molecule has 0 saturated carbocycles. The molecular weight excluding hydrogens is 306 g/mol. The average molecular weight is 324 g/mol. The number of furan rings is 1. The van der Waals surface area contributed by atoms with Crippen molar-refractivity contribution in [3.8, 4) is 11.6 Å². The molecule has 0 radical (unpaired) electrons. The fourth-order valence-electron chi connectivity index (χ4n) is 1.83. The van der Waals surface area contributed by atoms with Crippen LogP contribution in [-0.4, -0.2) is 16.5 Å². The highest BCUT2D eigenvalue weighted by molar-refractivity contribution is 9.10. The number of aromatic nitrogens is 2. The normalized spacial score (nSPS) is 11.1.